The van der Waals surface area contributed by atoms with Crippen LogP contribution in [0.4, 0.5) is 8.78 Å². The maximum Gasteiger partial charge on any atom is 0.220 e. The van der Waals surface area contributed by atoms with Gasteiger partial charge in [-0.25, -0.2) is 8.78 Å². The van der Waals surface area contributed by atoms with E-state index in [4.69, 9.17) is 5.73 Å². The Balaban J connectivity index is 0.00000441. The molecule has 0 radical (unpaired) electrons. The second-order valence-electron chi connectivity index (χ2n) is 5.75. The predicted molar refractivity (Wildman–Crippen MR) is 86.9 cm³/mol. The maximum atomic E-state index is 13.3. The highest BCUT2D eigenvalue weighted by Gasteiger charge is 2.23. The molecule has 0 saturated carbocycles. The molecule has 0 aliphatic carbocycles. The highest BCUT2D eigenvalue weighted by molar-refractivity contribution is 5.85. The highest BCUT2D eigenvalue weighted by atomic mass is 35.5. The van der Waals surface area contributed by atoms with E-state index in [2.05, 4.69) is 5.32 Å². The first kappa shape index (κ1) is 20.8. The van der Waals surface area contributed by atoms with Gasteiger partial charge >= 0.3 is 0 Å². The number of unbranched alkanes of at least 4 members (excludes halogenated alkanes) is 3. The summed E-state index contributed by atoms with van der Waals surface area (Å²) in [6.45, 7) is 4.22. The third-order valence-corrected chi connectivity index (χ3v) is 3.45. The van der Waals surface area contributed by atoms with Crippen LogP contribution in [0, 0.1) is 11.6 Å². The molecule has 0 unspecified atom stereocenters. The number of amides is 1. The number of nitrogens with two attached hydrogens (primary N) is 1. The van der Waals surface area contributed by atoms with Crippen molar-refractivity contribution >= 4 is 18.3 Å². The van der Waals surface area contributed by atoms with Crippen molar-refractivity contribution in [2.24, 2.45) is 5.73 Å². The lowest BCUT2D eigenvalue weighted by Gasteiger charge is -2.27. The summed E-state index contributed by atoms with van der Waals surface area (Å²) in [6.07, 6.45) is 4.20. The van der Waals surface area contributed by atoms with E-state index in [9.17, 15) is 13.6 Å². The Bertz CT molecular complexity index is 481. The van der Waals surface area contributed by atoms with Crippen LogP contribution in [0.25, 0.3) is 0 Å². The summed E-state index contributed by atoms with van der Waals surface area (Å²) >= 11 is 0. The number of hydrogen-bond acceptors (Lipinski definition) is 2. The zero-order valence-corrected chi connectivity index (χ0v) is 13.9. The van der Waals surface area contributed by atoms with Crippen molar-refractivity contribution in [1.29, 1.82) is 0 Å². The van der Waals surface area contributed by atoms with Gasteiger partial charge < -0.3 is 11.1 Å². The van der Waals surface area contributed by atoms with Crippen molar-refractivity contribution in [3.63, 3.8) is 0 Å². The summed E-state index contributed by atoms with van der Waals surface area (Å²) in [5.74, 6) is -1.88. The van der Waals surface area contributed by atoms with Gasteiger partial charge in [0.05, 0.1) is 5.54 Å². The van der Waals surface area contributed by atoms with Crippen molar-refractivity contribution in [3.05, 3.63) is 35.4 Å². The predicted octanol–water partition coefficient (Wildman–Crippen LogP) is 3.65. The van der Waals surface area contributed by atoms with Crippen LogP contribution in [-0.4, -0.2) is 12.5 Å². The molecule has 0 spiro atoms. The molecule has 3 nitrogen and oxygen atoms in total. The molecular weight excluding hydrogens is 310 g/mol. The Morgan fingerprint density at radius 3 is 2.36 bits per heavy atom. The van der Waals surface area contributed by atoms with Gasteiger partial charge in [0.2, 0.25) is 5.91 Å². The lowest BCUT2D eigenvalue weighted by Crippen LogP contribution is -2.41. The van der Waals surface area contributed by atoms with Gasteiger partial charge in [0.25, 0.3) is 0 Å². The molecule has 0 aliphatic rings. The first-order valence-electron chi connectivity index (χ1n) is 7.33. The minimum atomic E-state index is -0.906. The maximum absolute atomic E-state index is 13.3. The van der Waals surface area contributed by atoms with Gasteiger partial charge in [0.15, 0.2) is 11.6 Å². The fourth-order valence-corrected chi connectivity index (χ4v) is 2.15. The average Bonchev–Trinajstić information content (AvgIpc) is 2.41. The van der Waals surface area contributed by atoms with Gasteiger partial charge in [-0.05, 0) is 50.9 Å². The van der Waals surface area contributed by atoms with E-state index >= 15 is 0 Å². The number of benzene rings is 1. The van der Waals surface area contributed by atoms with Gasteiger partial charge in [0.1, 0.15) is 0 Å². The van der Waals surface area contributed by atoms with Crippen LogP contribution in [-0.2, 0) is 10.3 Å². The Labute approximate surface area is 137 Å². The summed E-state index contributed by atoms with van der Waals surface area (Å²) in [6, 6.07) is 3.68. The molecule has 1 aromatic rings. The van der Waals surface area contributed by atoms with Gasteiger partial charge in [-0.2, -0.15) is 0 Å². The number of hydrogen-bond donors (Lipinski definition) is 2. The van der Waals surface area contributed by atoms with Crippen molar-refractivity contribution in [2.45, 2.75) is 51.5 Å². The van der Waals surface area contributed by atoms with E-state index in [1.807, 2.05) is 0 Å². The minimum absolute atomic E-state index is 0. The molecule has 0 saturated heterocycles. The highest BCUT2D eigenvalue weighted by Crippen LogP contribution is 2.22. The molecular formula is C16H25ClF2N2O. The third kappa shape index (κ3) is 6.71. The molecule has 1 aromatic carbocycles. The van der Waals surface area contributed by atoms with Crippen LogP contribution >= 0.6 is 12.4 Å². The first-order chi connectivity index (χ1) is 9.86. The SMILES string of the molecule is CC(C)(NC(=O)CCCCCCN)c1ccc(F)c(F)c1.Cl. The number of nitrogens with one attached hydrogen (secondary N) is 1. The zero-order chi connectivity index (χ0) is 15.9. The second-order valence-corrected chi connectivity index (χ2v) is 5.75. The molecule has 0 aromatic heterocycles. The van der Waals surface area contributed by atoms with Gasteiger partial charge in [-0.15, -0.1) is 12.4 Å². The Kier molecular flexibility index (Phi) is 9.21. The van der Waals surface area contributed by atoms with Crippen LogP contribution < -0.4 is 11.1 Å². The van der Waals surface area contributed by atoms with Gasteiger partial charge in [-0.1, -0.05) is 18.9 Å². The smallest absolute Gasteiger partial charge is 0.220 e. The van der Waals surface area contributed by atoms with Gasteiger partial charge in [-0.3, -0.25) is 4.79 Å². The second kappa shape index (κ2) is 9.74. The van der Waals surface area contributed by atoms with E-state index in [1.54, 1.807) is 13.8 Å². The van der Waals surface area contributed by atoms with E-state index in [0.29, 0.717) is 18.5 Å². The lowest BCUT2D eigenvalue weighted by atomic mass is 9.93. The lowest BCUT2D eigenvalue weighted by molar-refractivity contribution is -0.122. The number of halogens is 3. The van der Waals surface area contributed by atoms with Crippen LogP contribution in [0.15, 0.2) is 18.2 Å². The molecule has 0 aliphatic heterocycles. The summed E-state index contributed by atoms with van der Waals surface area (Å²) in [5, 5.41) is 2.86. The van der Waals surface area contributed by atoms with Crippen molar-refractivity contribution < 1.29 is 13.6 Å². The first-order valence-corrected chi connectivity index (χ1v) is 7.33. The minimum Gasteiger partial charge on any atom is -0.347 e. The summed E-state index contributed by atoms with van der Waals surface area (Å²) in [4.78, 5) is 11.9. The topological polar surface area (TPSA) is 55.1 Å². The number of carbonyl (C=O) groups is 1. The summed E-state index contributed by atoms with van der Waals surface area (Å²) in [7, 11) is 0. The molecule has 3 N–H and O–H groups in total. The van der Waals surface area contributed by atoms with Crippen molar-refractivity contribution in [3.8, 4) is 0 Å². The third-order valence-electron chi connectivity index (χ3n) is 3.45. The number of carbonyl (C=O) groups excluding carboxylic acids is 1. The fraction of sp³-hybridized carbons (Fsp3) is 0.562. The van der Waals surface area contributed by atoms with Crippen molar-refractivity contribution in [2.75, 3.05) is 6.54 Å². The molecule has 0 bridgehead atoms. The van der Waals surface area contributed by atoms with Crippen LogP contribution in [0.1, 0.15) is 51.5 Å². The Morgan fingerprint density at radius 2 is 1.77 bits per heavy atom. The summed E-state index contributed by atoms with van der Waals surface area (Å²) in [5.41, 5.74) is 5.21. The van der Waals surface area contributed by atoms with Crippen molar-refractivity contribution in [1.82, 2.24) is 5.32 Å². The molecule has 6 heteroatoms. The number of rotatable bonds is 8. The molecule has 126 valence electrons. The molecule has 0 atom stereocenters. The van der Waals surface area contributed by atoms with Crippen LogP contribution in [0.5, 0.6) is 0 Å². The molecule has 1 amide bonds. The Morgan fingerprint density at radius 1 is 1.14 bits per heavy atom. The van der Waals surface area contributed by atoms with E-state index < -0.39 is 17.2 Å². The normalized spacial score (nSPS) is 11.0. The van der Waals surface area contributed by atoms with Gasteiger partial charge in [0, 0.05) is 6.42 Å². The summed E-state index contributed by atoms with van der Waals surface area (Å²) < 4.78 is 26.2. The van der Waals surface area contributed by atoms with Crippen LogP contribution in [0.2, 0.25) is 0 Å². The largest absolute Gasteiger partial charge is 0.347 e. The van der Waals surface area contributed by atoms with E-state index in [0.717, 1.165) is 37.8 Å². The molecule has 0 heterocycles. The average molecular weight is 335 g/mol. The monoisotopic (exact) mass is 334 g/mol. The Hall–Kier alpha value is -1.20. The molecule has 1 rings (SSSR count). The fourth-order valence-electron chi connectivity index (χ4n) is 2.15. The van der Waals surface area contributed by atoms with Crippen LogP contribution in [0.3, 0.4) is 0 Å². The molecule has 22 heavy (non-hydrogen) atoms. The quantitative estimate of drug-likeness (QED) is 0.713. The molecule has 0 fully saturated rings. The zero-order valence-electron chi connectivity index (χ0n) is 13.1. The van der Waals surface area contributed by atoms with E-state index in [1.165, 1.54) is 6.07 Å². The standard InChI is InChI=1S/C16H24F2N2O.ClH/c1-16(2,12-8-9-13(17)14(18)11-12)20-15(21)7-5-3-4-6-10-19;/h8-9,11H,3-7,10,19H2,1-2H3,(H,20,21);1H. The van der Waals surface area contributed by atoms with E-state index in [-0.39, 0.29) is 18.3 Å².